The minimum Gasteiger partial charge on any atom is -0.378 e. The van der Waals surface area contributed by atoms with Crippen LogP contribution in [-0.4, -0.2) is 243 Å². The summed E-state index contributed by atoms with van der Waals surface area (Å²) in [6, 6.07) is 0.285. The number of hydrogen-bond donors (Lipinski definition) is 0. The van der Waals surface area contributed by atoms with Crippen molar-refractivity contribution in [3.8, 4) is 0 Å². The number of piperazine rings is 4. The molecule has 8 aliphatic rings. The molecular weight excluding hydrogens is 769 g/mol. The van der Waals surface area contributed by atoms with Gasteiger partial charge in [0.05, 0.1) is 25.8 Å². The first-order valence-electron chi connectivity index (χ1n) is 20.7. The maximum absolute atomic E-state index is 11.8. The summed E-state index contributed by atoms with van der Waals surface area (Å²) < 4.78 is 5.06. The molecule has 0 aromatic carbocycles. The van der Waals surface area contributed by atoms with Crippen molar-refractivity contribution in [1.82, 2.24) is 49.0 Å². The Labute approximate surface area is 362 Å². The minimum absolute atomic E-state index is 0. The predicted molar refractivity (Wildman–Crippen MR) is 237 cm³/mol. The highest BCUT2D eigenvalue weighted by Crippen LogP contribution is 2.33. The molecule has 0 spiro atoms. The number of nitrogens with zero attached hydrogens (tertiary/aromatic N) is 10. The largest absolute Gasteiger partial charge is 0.378 e. The molecule has 8 heterocycles. The van der Waals surface area contributed by atoms with Crippen molar-refractivity contribution in [3.63, 3.8) is 0 Å². The lowest BCUT2D eigenvalue weighted by Gasteiger charge is -2.44. The predicted octanol–water partition coefficient (Wildman–Crippen LogP) is 1.74. The molecule has 0 bridgehead atoms. The molecule has 0 N–H and O–H groups in total. The van der Waals surface area contributed by atoms with Crippen molar-refractivity contribution >= 4 is 35.6 Å². The highest BCUT2D eigenvalue weighted by molar-refractivity contribution is 5.95. The zero-order valence-corrected chi connectivity index (χ0v) is 36.0. The quantitative estimate of drug-likeness (QED) is 0.354. The summed E-state index contributed by atoms with van der Waals surface area (Å²) in [6.07, 6.45) is 4.68. The van der Waals surface area contributed by atoms with Gasteiger partial charge < -0.3 is 43.9 Å². The van der Waals surface area contributed by atoms with Gasteiger partial charge in [-0.05, 0) is 45.7 Å². The molecule has 0 aromatic heterocycles. The van der Waals surface area contributed by atoms with E-state index < -0.39 is 0 Å². The molecule has 17 nitrogen and oxygen atoms in total. The van der Waals surface area contributed by atoms with E-state index in [1.54, 1.807) is 35.6 Å². The van der Waals surface area contributed by atoms with Crippen molar-refractivity contribution in [2.45, 2.75) is 86.9 Å². The second kappa shape index (κ2) is 25.2. The average molecular weight is 851 g/mol. The van der Waals surface area contributed by atoms with Crippen molar-refractivity contribution in [2.24, 2.45) is 5.92 Å². The third kappa shape index (κ3) is 14.4. The van der Waals surface area contributed by atoms with E-state index in [2.05, 4.69) is 35.3 Å². The number of carbonyl (C=O) groups excluding carboxylic acids is 6. The van der Waals surface area contributed by atoms with E-state index >= 15 is 0 Å². The van der Waals surface area contributed by atoms with Crippen LogP contribution < -0.4 is 0 Å². The lowest BCUT2D eigenvalue weighted by molar-refractivity contribution is -0.157. The first kappa shape index (κ1) is 54.2. The van der Waals surface area contributed by atoms with Crippen LogP contribution in [-0.2, 0) is 28.7 Å². The number of fused-ring (bicyclic) bond motifs is 3. The number of likely N-dealkylation sites (tertiary alicyclic amines) is 1. The number of morpholine rings is 1. The second-order valence-corrected chi connectivity index (χ2v) is 16.6. The normalized spacial score (nSPS) is 26.7. The molecule has 8 fully saturated rings. The zero-order chi connectivity index (χ0) is 42.0. The van der Waals surface area contributed by atoms with Crippen molar-refractivity contribution in [2.75, 3.05) is 140 Å². The Kier molecular flexibility index (Phi) is 22.8. The summed E-state index contributed by atoms with van der Waals surface area (Å²) >= 11 is 0. The van der Waals surface area contributed by atoms with Crippen molar-refractivity contribution in [1.29, 1.82) is 0 Å². The summed E-state index contributed by atoms with van der Waals surface area (Å²) in [5.74, 6) is 1.44. The van der Waals surface area contributed by atoms with Crippen LogP contribution in [0.15, 0.2) is 12.3 Å². The van der Waals surface area contributed by atoms with Gasteiger partial charge in [0.15, 0.2) is 0 Å². The second-order valence-electron chi connectivity index (χ2n) is 16.6. The number of carbonyl (C=O) groups is 6. The van der Waals surface area contributed by atoms with Gasteiger partial charge in [-0.1, -0.05) is 35.8 Å². The van der Waals surface area contributed by atoms with Gasteiger partial charge in [-0.25, -0.2) is 4.79 Å². The zero-order valence-electron chi connectivity index (χ0n) is 36.0. The minimum atomic E-state index is -0.250. The monoisotopic (exact) mass is 851 g/mol. The third-order valence-electron chi connectivity index (χ3n) is 12.2. The first-order valence-corrected chi connectivity index (χ1v) is 20.7. The fourth-order valence-electron chi connectivity index (χ4n) is 8.32. The van der Waals surface area contributed by atoms with E-state index in [4.69, 9.17) is 4.74 Å². The fourth-order valence-corrected chi connectivity index (χ4v) is 8.32. The molecule has 17 heteroatoms. The lowest BCUT2D eigenvalue weighted by atomic mass is 9.94. The Balaban J connectivity index is 0.000000376. The molecule has 0 saturated carbocycles. The molecule has 60 heavy (non-hydrogen) atoms. The molecule has 8 saturated heterocycles. The van der Waals surface area contributed by atoms with Crippen LogP contribution in [0.25, 0.3) is 0 Å². The molecule has 0 aliphatic carbocycles. The van der Waals surface area contributed by atoms with Crippen LogP contribution in [0.1, 0.15) is 68.7 Å². The van der Waals surface area contributed by atoms with Gasteiger partial charge in [0.1, 0.15) is 12.1 Å². The van der Waals surface area contributed by atoms with E-state index in [9.17, 15) is 28.8 Å². The summed E-state index contributed by atoms with van der Waals surface area (Å²) in [7, 11) is 9.46. The van der Waals surface area contributed by atoms with Crippen LogP contribution in [0.2, 0.25) is 0 Å². The van der Waals surface area contributed by atoms with Crippen LogP contribution in [0.5, 0.6) is 0 Å². The fraction of sp³-hybridized carbons (Fsp3) is 0.814. The SMILES string of the molecule is C.C.C.C=C1C2CCC(C)CN2C(=O)N1C.CC(=O)N1CCCC1.CC(=O)N1CCOCC1.CN1CCN2C(=O)CN(C)C(=O)C2C1.CN1CCN2CCN(C)C(=O)C2C1. The van der Waals surface area contributed by atoms with Gasteiger partial charge in [0, 0.05) is 126 Å². The summed E-state index contributed by atoms with van der Waals surface area (Å²) in [5.41, 5.74) is 0.969. The molecular formula is C43H82N10O7. The Bertz CT molecular complexity index is 1440. The van der Waals surface area contributed by atoms with E-state index in [1.807, 2.05) is 35.8 Å². The van der Waals surface area contributed by atoms with Crippen molar-refractivity contribution < 1.29 is 33.5 Å². The molecule has 4 unspecified atom stereocenters. The molecule has 7 amide bonds. The van der Waals surface area contributed by atoms with Crippen molar-refractivity contribution in [3.05, 3.63) is 12.3 Å². The van der Waals surface area contributed by atoms with Gasteiger partial charge in [-0.15, -0.1) is 0 Å². The standard InChI is InChI=1S/C10H16N2O.C9H15N3O2.C9H17N3O.C6H11NO2.C6H11NO.3CH4/c1-7-4-5-9-8(2)11(3)10(13)12(9)6-7;1-10-3-4-12-7(5-10)9(14)11(2)6-8(12)13;1-10-3-5-12-6-4-11(2)9(13)8(12)7-10;1-6(8)7-2-4-9-5-3-7;1-6(8)7-4-2-3-5-7;;;/h7,9H,2,4-6H2,1,3H3;7H,3-6H2,1-2H3;8H,3-7H2,1-2H3;2-5H2,1H3;2-5H2,1H3;3*1H4. The van der Waals surface area contributed by atoms with Crippen LogP contribution in [0.4, 0.5) is 4.79 Å². The third-order valence-corrected chi connectivity index (χ3v) is 12.2. The van der Waals surface area contributed by atoms with Gasteiger partial charge in [-0.2, -0.15) is 0 Å². The van der Waals surface area contributed by atoms with Gasteiger partial charge in [-0.3, -0.25) is 33.8 Å². The number of hydrogen-bond acceptors (Lipinski definition) is 10. The molecule has 346 valence electrons. The number of urea groups is 1. The van der Waals surface area contributed by atoms with E-state index in [0.29, 0.717) is 32.2 Å². The molecule has 0 aromatic rings. The van der Waals surface area contributed by atoms with Crippen LogP contribution in [0.3, 0.4) is 0 Å². The Morgan fingerprint density at radius 3 is 1.67 bits per heavy atom. The average Bonchev–Trinajstić information content (AvgIpc) is 3.81. The van der Waals surface area contributed by atoms with E-state index in [-0.39, 0.29) is 82.5 Å². The Morgan fingerprint density at radius 2 is 1.12 bits per heavy atom. The topological polar surface area (TPSA) is 144 Å². The summed E-state index contributed by atoms with van der Waals surface area (Å²) in [4.78, 5) is 87.1. The first-order chi connectivity index (χ1) is 27.0. The number of likely N-dealkylation sites (N-methyl/N-ethyl adjacent to an activating group) is 5. The maximum Gasteiger partial charge on any atom is 0.324 e. The lowest BCUT2D eigenvalue weighted by Crippen LogP contribution is -2.65. The maximum atomic E-state index is 11.8. The van der Waals surface area contributed by atoms with E-state index in [1.165, 1.54) is 24.2 Å². The van der Waals surface area contributed by atoms with Gasteiger partial charge in [0.25, 0.3) is 0 Å². The number of ether oxygens (including phenoxy) is 1. The van der Waals surface area contributed by atoms with Crippen LogP contribution >= 0.6 is 0 Å². The highest BCUT2D eigenvalue weighted by Gasteiger charge is 2.42. The number of piperidine rings is 1. The van der Waals surface area contributed by atoms with Gasteiger partial charge in [0.2, 0.25) is 29.5 Å². The Morgan fingerprint density at radius 1 is 0.600 bits per heavy atom. The summed E-state index contributed by atoms with van der Waals surface area (Å²) in [6.45, 7) is 22.5. The smallest absolute Gasteiger partial charge is 0.324 e. The molecule has 0 radical (unpaired) electrons. The molecule has 8 rings (SSSR count). The highest BCUT2D eigenvalue weighted by atomic mass is 16.5. The Hall–Kier alpha value is -3.80. The number of amides is 7. The van der Waals surface area contributed by atoms with E-state index in [0.717, 1.165) is 84.1 Å². The van der Waals surface area contributed by atoms with Gasteiger partial charge >= 0.3 is 6.03 Å². The summed E-state index contributed by atoms with van der Waals surface area (Å²) in [5, 5.41) is 0. The van der Waals surface area contributed by atoms with Crippen LogP contribution in [0, 0.1) is 5.92 Å². The number of rotatable bonds is 0. The molecule has 4 atom stereocenters. The molecule has 8 aliphatic heterocycles.